The monoisotopic (exact) mass is 465 g/mol. The molecule has 3 aromatic rings. The summed E-state index contributed by atoms with van der Waals surface area (Å²) in [6.07, 6.45) is 2.02. The highest BCUT2D eigenvalue weighted by Crippen LogP contribution is 2.38. The molecule has 2 aliphatic heterocycles. The summed E-state index contributed by atoms with van der Waals surface area (Å²) in [7, 11) is 3.16. The zero-order valence-electron chi connectivity index (χ0n) is 18.8. The standard InChI is InChI=1S/C25H27N3O4S/c1-31-18-7-8-21(32-2)20(14-18)28-15-17(13-23(28)29)25(30)27-11-9-16(10-12-27)24-26-19-5-3-4-6-22(19)33-24/h3-8,14,16-17H,9-13,15H2,1-2H3. The molecule has 2 amide bonds. The van der Waals surface area contributed by atoms with Gasteiger partial charge in [-0.15, -0.1) is 11.3 Å². The van der Waals surface area contributed by atoms with E-state index in [2.05, 4.69) is 6.07 Å². The minimum absolute atomic E-state index is 0.0652. The van der Waals surface area contributed by atoms with Gasteiger partial charge in [0.25, 0.3) is 0 Å². The number of benzene rings is 2. The minimum atomic E-state index is -0.340. The average Bonchev–Trinajstić information content (AvgIpc) is 3.47. The van der Waals surface area contributed by atoms with E-state index in [1.807, 2.05) is 23.1 Å². The highest BCUT2D eigenvalue weighted by molar-refractivity contribution is 7.18. The lowest BCUT2D eigenvalue weighted by Crippen LogP contribution is -2.42. The highest BCUT2D eigenvalue weighted by Gasteiger charge is 2.39. The van der Waals surface area contributed by atoms with E-state index in [4.69, 9.17) is 14.5 Å². The lowest BCUT2D eigenvalue weighted by molar-refractivity contribution is -0.136. The Labute approximate surface area is 196 Å². The number of nitrogens with zero attached hydrogens (tertiary/aromatic N) is 3. The quantitative estimate of drug-likeness (QED) is 0.568. The summed E-state index contributed by atoms with van der Waals surface area (Å²) in [6, 6.07) is 13.6. The zero-order valence-corrected chi connectivity index (χ0v) is 19.6. The first-order valence-corrected chi connectivity index (χ1v) is 12.1. The number of anilines is 1. The topological polar surface area (TPSA) is 72.0 Å². The number of methoxy groups -OCH3 is 2. The minimum Gasteiger partial charge on any atom is -0.497 e. The summed E-state index contributed by atoms with van der Waals surface area (Å²) < 4.78 is 12.0. The van der Waals surface area contributed by atoms with Gasteiger partial charge in [0.05, 0.1) is 41.0 Å². The van der Waals surface area contributed by atoms with E-state index in [1.54, 1.807) is 48.7 Å². The van der Waals surface area contributed by atoms with Crippen LogP contribution >= 0.6 is 11.3 Å². The molecule has 2 saturated heterocycles. The van der Waals surface area contributed by atoms with Gasteiger partial charge in [-0.3, -0.25) is 9.59 Å². The van der Waals surface area contributed by atoms with Gasteiger partial charge >= 0.3 is 0 Å². The van der Waals surface area contributed by atoms with Crippen molar-refractivity contribution in [1.82, 2.24) is 9.88 Å². The van der Waals surface area contributed by atoms with Gasteiger partial charge in [-0.25, -0.2) is 4.98 Å². The van der Waals surface area contributed by atoms with Gasteiger partial charge in [0, 0.05) is 38.0 Å². The number of ether oxygens (including phenoxy) is 2. The molecular weight excluding hydrogens is 438 g/mol. The van der Waals surface area contributed by atoms with Crippen LogP contribution in [0.5, 0.6) is 11.5 Å². The first-order valence-electron chi connectivity index (χ1n) is 11.2. The summed E-state index contributed by atoms with van der Waals surface area (Å²) in [6.45, 7) is 1.76. The normalized spacial score (nSPS) is 19.3. The fourth-order valence-electron chi connectivity index (χ4n) is 4.78. The Morgan fingerprint density at radius 1 is 1.09 bits per heavy atom. The number of piperidine rings is 1. The fourth-order valence-corrected chi connectivity index (χ4v) is 5.92. The highest BCUT2D eigenvalue weighted by atomic mass is 32.1. The lowest BCUT2D eigenvalue weighted by atomic mass is 9.96. The lowest BCUT2D eigenvalue weighted by Gasteiger charge is -2.32. The van der Waals surface area contributed by atoms with Crippen molar-refractivity contribution < 1.29 is 19.1 Å². The van der Waals surface area contributed by atoms with Crippen LogP contribution in [0.3, 0.4) is 0 Å². The van der Waals surface area contributed by atoms with Crippen LogP contribution in [0, 0.1) is 5.92 Å². The Bertz CT molecular complexity index is 1150. The molecular formula is C25H27N3O4S. The average molecular weight is 466 g/mol. The summed E-state index contributed by atoms with van der Waals surface area (Å²) in [5.41, 5.74) is 1.69. The van der Waals surface area contributed by atoms with E-state index in [-0.39, 0.29) is 24.2 Å². The molecule has 0 radical (unpaired) electrons. The molecule has 5 rings (SSSR count). The van der Waals surface area contributed by atoms with Crippen LogP contribution in [-0.4, -0.2) is 55.6 Å². The largest absolute Gasteiger partial charge is 0.497 e. The van der Waals surface area contributed by atoms with Crippen LogP contribution < -0.4 is 14.4 Å². The second kappa shape index (κ2) is 9.02. The van der Waals surface area contributed by atoms with Crippen LogP contribution in [0.25, 0.3) is 10.2 Å². The third-order valence-corrected chi connectivity index (χ3v) is 7.82. The number of amides is 2. The van der Waals surface area contributed by atoms with Crippen molar-refractivity contribution in [2.45, 2.75) is 25.2 Å². The Morgan fingerprint density at radius 3 is 2.61 bits per heavy atom. The smallest absolute Gasteiger partial charge is 0.228 e. The number of hydrogen-bond donors (Lipinski definition) is 0. The van der Waals surface area contributed by atoms with Crippen molar-refractivity contribution in [3.05, 3.63) is 47.5 Å². The van der Waals surface area contributed by atoms with E-state index in [1.165, 1.54) is 4.70 Å². The van der Waals surface area contributed by atoms with Gasteiger partial charge in [0.1, 0.15) is 11.5 Å². The van der Waals surface area contributed by atoms with E-state index in [9.17, 15) is 9.59 Å². The Morgan fingerprint density at radius 2 is 1.88 bits per heavy atom. The predicted molar refractivity (Wildman–Crippen MR) is 128 cm³/mol. The molecule has 0 saturated carbocycles. The van der Waals surface area contributed by atoms with Gasteiger partial charge in [0.2, 0.25) is 11.8 Å². The van der Waals surface area contributed by atoms with Gasteiger partial charge < -0.3 is 19.3 Å². The second-order valence-corrected chi connectivity index (χ2v) is 9.62. The van der Waals surface area contributed by atoms with Crippen molar-refractivity contribution in [1.29, 1.82) is 0 Å². The number of likely N-dealkylation sites (tertiary alicyclic amines) is 1. The maximum Gasteiger partial charge on any atom is 0.228 e. The third kappa shape index (κ3) is 4.15. The number of fused-ring (bicyclic) bond motifs is 1. The Balaban J connectivity index is 1.24. The van der Waals surface area contributed by atoms with E-state index >= 15 is 0 Å². The van der Waals surface area contributed by atoms with E-state index < -0.39 is 0 Å². The molecule has 0 bridgehead atoms. The van der Waals surface area contributed by atoms with Gasteiger partial charge in [0.15, 0.2) is 0 Å². The van der Waals surface area contributed by atoms with Gasteiger partial charge in [-0.2, -0.15) is 0 Å². The number of para-hydroxylation sites is 1. The molecule has 2 fully saturated rings. The summed E-state index contributed by atoms with van der Waals surface area (Å²) >= 11 is 1.76. The van der Waals surface area contributed by atoms with Crippen LogP contribution in [0.2, 0.25) is 0 Å². The maximum atomic E-state index is 13.3. The molecule has 3 heterocycles. The molecule has 1 atom stereocenters. The van der Waals surface area contributed by atoms with Gasteiger partial charge in [-0.1, -0.05) is 12.1 Å². The second-order valence-electron chi connectivity index (χ2n) is 8.56. The summed E-state index contributed by atoms with van der Waals surface area (Å²) in [5.74, 6) is 1.28. The molecule has 0 aliphatic carbocycles. The fraction of sp³-hybridized carbons (Fsp3) is 0.400. The summed E-state index contributed by atoms with van der Waals surface area (Å²) in [5, 5.41) is 1.16. The molecule has 172 valence electrons. The van der Waals surface area contributed by atoms with Gasteiger partial charge in [-0.05, 0) is 37.1 Å². The zero-order chi connectivity index (χ0) is 22.9. The number of carbonyl (C=O) groups is 2. The van der Waals surface area contributed by atoms with Crippen molar-refractivity contribution >= 4 is 39.1 Å². The van der Waals surface area contributed by atoms with Crippen molar-refractivity contribution in [3.63, 3.8) is 0 Å². The first kappa shape index (κ1) is 21.7. The molecule has 2 aromatic carbocycles. The van der Waals surface area contributed by atoms with E-state index in [0.717, 1.165) is 23.4 Å². The molecule has 1 unspecified atom stereocenters. The Hall–Kier alpha value is -3.13. The maximum absolute atomic E-state index is 13.3. The number of rotatable bonds is 5. The Kier molecular flexibility index (Phi) is 5.93. The van der Waals surface area contributed by atoms with Crippen molar-refractivity contribution in [2.24, 2.45) is 5.92 Å². The predicted octanol–water partition coefficient (Wildman–Crippen LogP) is 4.07. The van der Waals surface area contributed by atoms with Crippen LogP contribution in [0.4, 0.5) is 5.69 Å². The summed E-state index contributed by atoms with van der Waals surface area (Å²) in [4.78, 5) is 34.5. The number of aromatic nitrogens is 1. The molecule has 1 aromatic heterocycles. The van der Waals surface area contributed by atoms with Crippen molar-refractivity contribution in [2.75, 3.05) is 38.8 Å². The molecule has 33 heavy (non-hydrogen) atoms. The molecule has 7 nitrogen and oxygen atoms in total. The molecule has 2 aliphatic rings. The van der Waals surface area contributed by atoms with Crippen LogP contribution in [0.15, 0.2) is 42.5 Å². The van der Waals surface area contributed by atoms with Crippen LogP contribution in [0.1, 0.15) is 30.2 Å². The van der Waals surface area contributed by atoms with Crippen LogP contribution in [-0.2, 0) is 9.59 Å². The third-order valence-electron chi connectivity index (χ3n) is 6.62. The van der Waals surface area contributed by atoms with E-state index in [0.29, 0.717) is 42.7 Å². The molecule has 8 heteroatoms. The number of thiazole rings is 1. The molecule has 0 spiro atoms. The molecule has 0 N–H and O–H groups in total. The van der Waals surface area contributed by atoms with Crippen molar-refractivity contribution in [3.8, 4) is 11.5 Å². The number of hydrogen-bond acceptors (Lipinski definition) is 6. The number of carbonyl (C=O) groups excluding carboxylic acids is 2. The first-order chi connectivity index (χ1) is 16.1. The SMILES string of the molecule is COc1ccc(OC)c(N2CC(C(=O)N3CCC(c4nc5ccccc5s4)CC3)CC2=O)c1.